The average Bonchev–Trinajstić information content (AvgIpc) is 3.27. The van der Waals surface area contributed by atoms with E-state index in [0.717, 1.165) is 22.2 Å². The number of imide groups is 1. The minimum atomic E-state index is -1.06. The van der Waals surface area contributed by atoms with Crippen LogP contribution in [0.4, 0.5) is 17.2 Å². The van der Waals surface area contributed by atoms with E-state index >= 15 is 0 Å². The molecule has 3 N–H and O–H groups in total. The van der Waals surface area contributed by atoms with Gasteiger partial charge in [0, 0.05) is 19.2 Å². The number of nitriles is 2. The van der Waals surface area contributed by atoms with Gasteiger partial charge in [0.2, 0.25) is 17.7 Å². The third kappa shape index (κ3) is 6.66. The molecule has 43 heavy (non-hydrogen) atoms. The fraction of sp³-hybridized carbons (Fsp3) is 0.258. The summed E-state index contributed by atoms with van der Waals surface area (Å²) in [5.74, 6) is -2.13. The molecular formula is C31H29N7O4S. The quantitative estimate of drug-likeness (QED) is 0.274. The van der Waals surface area contributed by atoms with Crippen LogP contribution >= 0.6 is 11.8 Å². The van der Waals surface area contributed by atoms with Gasteiger partial charge >= 0.3 is 0 Å². The van der Waals surface area contributed by atoms with E-state index in [0.29, 0.717) is 16.9 Å². The van der Waals surface area contributed by atoms with Crippen LogP contribution in [0, 0.1) is 22.7 Å². The molecule has 2 aromatic carbocycles. The Kier molecular flexibility index (Phi) is 9.43. The lowest BCUT2D eigenvalue weighted by Gasteiger charge is -2.28. The normalized spacial score (nSPS) is 14.4. The molecule has 4 rings (SSSR count). The number of nitrogens with zero attached hydrogens (tertiary/aromatic N) is 5. The maximum Gasteiger partial charge on any atom is 0.257 e. The summed E-state index contributed by atoms with van der Waals surface area (Å²) >= 11 is 0.989. The van der Waals surface area contributed by atoms with Gasteiger partial charge in [-0.25, -0.2) is 9.88 Å². The zero-order valence-corrected chi connectivity index (χ0v) is 24.6. The zero-order valence-electron chi connectivity index (χ0n) is 23.8. The average molecular weight is 596 g/mol. The van der Waals surface area contributed by atoms with Crippen LogP contribution in [0.15, 0.2) is 59.6 Å². The number of hydrogen-bond donors (Lipinski definition) is 2. The van der Waals surface area contributed by atoms with Gasteiger partial charge in [-0.15, -0.1) is 0 Å². The second-order valence-corrected chi connectivity index (χ2v) is 11.1. The van der Waals surface area contributed by atoms with Crippen molar-refractivity contribution in [2.75, 3.05) is 21.7 Å². The van der Waals surface area contributed by atoms with Crippen LogP contribution in [-0.2, 0) is 25.7 Å². The summed E-state index contributed by atoms with van der Waals surface area (Å²) in [6, 6.07) is 18.4. The molecule has 11 nitrogen and oxygen atoms in total. The van der Waals surface area contributed by atoms with Crippen molar-refractivity contribution in [2.45, 2.75) is 50.7 Å². The Morgan fingerprint density at radius 2 is 1.74 bits per heavy atom. The molecule has 1 atom stereocenters. The molecule has 4 amide bonds. The van der Waals surface area contributed by atoms with E-state index in [-0.39, 0.29) is 52.5 Å². The van der Waals surface area contributed by atoms with Gasteiger partial charge in [0.25, 0.3) is 5.91 Å². The van der Waals surface area contributed by atoms with E-state index in [9.17, 15) is 29.7 Å². The standard InChI is InChI=1S/C31H29N7O4S/c1-18(2)28-23(14-32)29(34)36-30(24(28)15-33)43-17-27(41)37(16-20-7-5-4-6-8-20)25-13-26(40)38(31(25)42)22-11-9-21(10-12-22)35-19(3)39/h4-12,18,25H,13,16-17H2,1-3H3,(H2,34,36)(H,35,39). The monoisotopic (exact) mass is 595 g/mol. The second kappa shape index (κ2) is 13.2. The molecule has 0 saturated carbocycles. The first-order chi connectivity index (χ1) is 20.5. The summed E-state index contributed by atoms with van der Waals surface area (Å²) < 4.78 is 0. The Morgan fingerprint density at radius 1 is 1.09 bits per heavy atom. The van der Waals surface area contributed by atoms with E-state index < -0.39 is 23.8 Å². The van der Waals surface area contributed by atoms with E-state index in [4.69, 9.17) is 5.73 Å². The SMILES string of the molecule is CC(=O)Nc1ccc(N2C(=O)CC(N(Cc3ccccc3)C(=O)CSc3nc(N)c(C#N)c(C(C)C)c3C#N)C2=O)cc1. The van der Waals surface area contributed by atoms with Gasteiger partial charge in [-0.2, -0.15) is 10.5 Å². The first-order valence-corrected chi connectivity index (χ1v) is 14.4. The topological polar surface area (TPSA) is 173 Å². The van der Waals surface area contributed by atoms with Crippen LogP contribution < -0.4 is 16.0 Å². The molecule has 1 fully saturated rings. The van der Waals surface area contributed by atoms with Crippen LogP contribution in [0.3, 0.4) is 0 Å². The third-order valence-corrected chi connectivity index (χ3v) is 7.79. The highest BCUT2D eigenvalue weighted by molar-refractivity contribution is 8.00. The van der Waals surface area contributed by atoms with Crippen molar-refractivity contribution in [1.82, 2.24) is 9.88 Å². The number of rotatable bonds is 9. The van der Waals surface area contributed by atoms with E-state index in [2.05, 4.69) is 16.4 Å². The number of hydrogen-bond acceptors (Lipinski definition) is 9. The van der Waals surface area contributed by atoms with E-state index in [1.54, 1.807) is 24.3 Å². The van der Waals surface area contributed by atoms with Gasteiger partial charge in [0.15, 0.2) is 0 Å². The maximum atomic E-state index is 13.8. The second-order valence-electron chi connectivity index (χ2n) is 10.2. The van der Waals surface area contributed by atoms with E-state index in [1.807, 2.05) is 50.2 Å². The number of carbonyl (C=O) groups is 4. The lowest BCUT2D eigenvalue weighted by molar-refractivity contribution is -0.136. The van der Waals surface area contributed by atoms with Crippen molar-refractivity contribution in [3.05, 3.63) is 76.9 Å². The number of thioether (sulfide) groups is 1. The summed E-state index contributed by atoms with van der Waals surface area (Å²) in [4.78, 5) is 58.5. The Bertz CT molecular complexity index is 1660. The van der Waals surface area contributed by atoms with Crippen molar-refractivity contribution in [1.29, 1.82) is 10.5 Å². The number of carbonyl (C=O) groups excluding carboxylic acids is 4. The van der Waals surface area contributed by atoms with Crippen molar-refractivity contribution in [3.8, 4) is 12.1 Å². The first-order valence-electron chi connectivity index (χ1n) is 13.4. The predicted octanol–water partition coefficient (Wildman–Crippen LogP) is 3.94. The molecule has 0 spiro atoms. The molecule has 1 unspecified atom stereocenters. The molecule has 1 saturated heterocycles. The highest BCUT2D eigenvalue weighted by atomic mass is 32.2. The summed E-state index contributed by atoms with van der Waals surface area (Å²) in [7, 11) is 0. The predicted molar refractivity (Wildman–Crippen MR) is 162 cm³/mol. The van der Waals surface area contributed by atoms with Crippen molar-refractivity contribution < 1.29 is 19.2 Å². The van der Waals surface area contributed by atoms with Crippen LogP contribution in [-0.4, -0.2) is 45.3 Å². The third-order valence-electron chi connectivity index (χ3n) is 6.82. The highest BCUT2D eigenvalue weighted by Gasteiger charge is 2.44. The van der Waals surface area contributed by atoms with Crippen molar-refractivity contribution in [3.63, 3.8) is 0 Å². The molecular weight excluding hydrogens is 566 g/mol. The molecule has 0 bridgehead atoms. The number of nitrogens with two attached hydrogens (primary N) is 1. The molecule has 0 aliphatic carbocycles. The summed E-state index contributed by atoms with van der Waals surface area (Å²) in [6.07, 6.45) is -0.210. The number of pyridine rings is 1. The number of benzene rings is 2. The lowest BCUT2D eigenvalue weighted by atomic mass is 9.94. The van der Waals surface area contributed by atoms with Gasteiger partial charge in [-0.1, -0.05) is 55.9 Å². The Morgan fingerprint density at radius 3 is 2.33 bits per heavy atom. The van der Waals surface area contributed by atoms with Crippen molar-refractivity contribution >= 4 is 52.6 Å². The first kappa shape index (κ1) is 30.8. The summed E-state index contributed by atoms with van der Waals surface area (Å²) in [6.45, 7) is 5.11. The van der Waals surface area contributed by atoms with E-state index in [1.165, 1.54) is 11.8 Å². The Hall–Kier alpha value is -5.20. The molecule has 2 heterocycles. The van der Waals surface area contributed by atoms with Crippen molar-refractivity contribution in [2.24, 2.45) is 0 Å². The smallest absolute Gasteiger partial charge is 0.257 e. The fourth-order valence-corrected chi connectivity index (χ4v) is 5.79. The molecule has 12 heteroatoms. The molecule has 1 aromatic heterocycles. The maximum absolute atomic E-state index is 13.8. The van der Waals surface area contributed by atoms with Crippen LogP contribution in [0.5, 0.6) is 0 Å². The largest absolute Gasteiger partial charge is 0.383 e. The number of nitrogens with one attached hydrogen (secondary N) is 1. The fourth-order valence-electron chi connectivity index (χ4n) is 4.90. The lowest BCUT2D eigenvalue weighted by Crippen LogP contribution is -2.45. The zero-order chi connectivity index (χ0) is 31.3. The number of amides is 4. The van der Waals surface area contributed by atoms with Gasteiger partial charge in [-0.05, 0) is 41.3 Å². The Labute approximate surface area is 253 Å². The van der Waals surface area contributed by atoms with Crippen LogP contribution in [0.25, 0.3) is 0 Å². The van der Waals surface area contributed by atoms with Gasteiger partial charge < -0.3 is 16.0 Å². The molecule has 3 aromatic rings. The molecule has 0 radical (unpaired) electrons. The van der Waals surface area contributed by atoms with Crippen LogP contribution in [0.2, 0.25) is 0 Å². The van der Waals surface area contributed by atoms with Crippen LogP contribution in [0.1, 0.15) is 55.4 Å². The van der Waals surface area contributed by atoms with Gasteiger partial charge in [-0.3, -0.25) is 19.2 Å². The minimum absolute atomic E-state index is 0.0296. The number of anilines is 3. The molecule has 218 valence electrons. The summed E-state index contributed by atoms with van der Waals surface area (Å²) in [5.41, 5.74) is 8.41. The number of aromatic nitrogens is 1. The highest BCUT2D eigenvalue weighted by Crippen LogP contribution is 2.34. The molecule has 1 aliphatic rings. The summed E-state index contributed by atoms with van der Waals surface area (Å²) in [5, 5.41) is 22.3. The Balaban J connectivity index is 1.62. The van der Waals surface area contributed by atoms with Gasteiger partial charge in [0.1, 0.15) is 29.0 Å². The number of nitrogen functional groups attached to an aromatic ring is 1. The van der Waals surface area contributed by atoms with Gasteiger partial charge in [0.05, 0.1) is 29.0 Å². The molecule has 1 aliphatic heterocycles. The minimum Gasteiger partial charge on any atom is -0.383 e.